The normalized spacial score (nSPS) is 15.5. The second kappa shape index (κ2) is 8.22. The molecule has 0 unspecified atom stereocenters. The van der Waals surface area contributed by atoms with Crippen LogP contribution in [0.5, 0.6) is 0 Å². The van der Waals surface area contributed by atoms with E-state index >= 15 is 0 Å². The van der Waals surface area contributed by atoms with Crippen LogP contribution in [0.4, 0.5) is 22.1 Å². The Morgan fingerprint density at radius 2 is 2.06 bits per heavy atom. The van der Waals surface area contributed by atoms with Crippen LogP contribution in [0, 0.1) is 13.5 Å². The molecule has 1 aromatic carbocycles. The number of nitrogens with one attached hydrogen (secondary N) is 1. The van der Waals surface area contributed by atoms with Crippen molar-refractivity contribution in [3.63, 3.8) is 0 Å². The number of hydrogen-bond acceptors (Lipinski definition) is 6. The van der Waals surface area contributed by atoms with Gasteiger partial charge in [0, 0.05) is 24.4 Å². The molecule has 0 saturated carbocycles. The maximum Gasteiger partial charge on any atom is 0.346 e. The molecule has 3 N–H and O–H groups in total. The third-order valence-electron chi connectivity index (χ3n) is 5.53. The van der Waals surface area contributed by atoms with Crippen LogP contribution in [0.15, 0.2) is 54.9 Å². The minimum Gasteiger partial charge on any atom is -0.366 e. The number of aromatic nitrogens is 4. The number of amides is 2. The highest BCUT2D eigenvalue weighted by molar-refractivity contribution is 5.90. The van der Waals surface area contributed by atoms with Crippen LogP contribution in [0.2, 0.25) is 0 Å². The highest BCUT2D eigenvalue weighted by atomic mass is 16.7. The van der Waals surface area contributed by atoms with Crippen molar-refractivity contribution in [2.45, 2.75) is 19.4 Å². The summed E-state index contributed by atoms with van der Waals surface area (Å²) in [6.45, 7) is 9.36. The molecule has 10 heteroatoms. The van der Waals surface area contributed by atoms with E-state index in [1.165, 1.54) is 5.06 Å². The Kier molecular flexibility index (Phi) is 5.08. The van der Waals surface area contributed by atoms with Crippen molar-refractivity contribution >= 4 is 29.0 Å². The van der Waals surface area contributed by atoms with Crippen molar-refractivity contribution in [3.8, 4) is 11.1 Å². The number of fused-ring (bicyclic) bond motifs is 1. The molecule has 0 aliphatic carbocycles. The summed E-state index contributed by atoms with van der Waals surface area (Å²) in [5.74, 6) is 0.200. The van der Waals surface area contributed by atoms with Gasteiger partial charge in [-0.25, -0.2) is 14.2 Å². The molecule has 2 amide bonds. The van der Waals surface area contributed by atoms with Gasteiger partial charge in [-0.1, -0.05) is 24.3 Å². The minimum absolute atomic E-state index is 0.200. The number of nitrogens with zero attached hydrogens (tertiary/aromatic N) is 6. The van der Waals surface area contributed by atoms with Gasteiger partial charge in [-0.3, -0.25) is 9.82 Å². The predicted octanol–water partition coefficient (Wildman–Crippen LogP) is 4.14. The Balaban J connectivity index is 1.38. The topological polar surface area (TPSA) is 115 Å². The number of urea groups is 1. The van der Waals surface area contributed by atoms with Gasteiger partial charge < -0.3 is 11.1 Å². The molecule has 5 rings (SSSR count). The van der Waals surface area contributed by atoms with E-state index in [1.54, 1.807) is 29.0 Å². The molecule has 1 aliphatic rings. The molecule has 1 atom stereocenters. The van der Waals surface area contributed by atoms with E-state index in [0.717, 1.165) is 16.7 Å². The molecule has 33 heavy (non-hydrogen) atoms. The molecule has 1 fully saturated rings. The Morgan fingerprint density at radius 3 is 2.85 bits per heavy atom. The van der Waals surface area contributed by atoms with Crippen LogP contribution in [0.1, 0.15) is 23.7 Å². The average molecular weight is 440 g/mol. The van der Waals surface area contributed by atoms with Crippen LogP contribution < -0.4 is 11.1 Å². The fraction of sp³-hybridized carbons (Fsp3) is 0.174. The first-order valence-electron chi connectivity index (χ1n) is 10.3. The molecule has 3 aromatic heterocycles. The van der Waals surface area contributed by atoms with Crippen molar-refractivity contribution in [3.05, 3.63) is 77.5 Å². The molecule has 1 saturated heterocycles. The maximum absolute atomic E-state index is 13.1. The predicted molar refractivity (Wildman–Crippen MR) is 122 cm³/mol. The van der Waals surface area contributed by atoms with E-state index in [-0.39, 0.29) is 18.0 Å². The van der Waals surface area contributed by atoms with Gasteiger partial charge in [0.1, 0.15) is 0 Å². The second-order valence-corrected chi connectivity index (χ2v) is 7.64. The van der Waals surface area contributed by atoms with Gasteiger partial charge >= 0.3 is 6.03 Å². The average Bonchev–Trinajstić information content (AvgIpc) is 3.46. The van der Waals surface area contributed by atoms with Crippen LogP contribution in [-0.2, 0) is 4.84 Å². The standard InChI is InChI=1S/C23H20N8O2/c1-14-19(11-17(13-26-14)16-7-9-30-21(12-16)28-22(24)29-30)27-23(32)31-20(8-10-33-31)15-3-5-18(25-2)6-4-15/h3-7,9,11-13,20H,8,10H2,1H3,(H2,24,29)(H,27,32)/t20-/m0/s1. The number of nitrogens with two attached hydrogens (primary N) is 1. The van der Waals surface area contributed by atoms with E-state index in [9.17, 15) is 4.79 Å². The molecule has 4 heterocycles. The zero-order valence-corrected chi connectivity index (χ0v) is 17.8. The van der Waals surface area contributed by atoms with Crippen LogP contribution in [-0.4, -0.2) is 37.3 Å². The number of aryl methyl sites for hydroxylation is 1. The number of benzene rings is 1. The van der Waals surface area contributed by atoms with E-state index in [0.29, 0.717) is 35.7 Å². The lowest BCUT2D eigenvalue weighted by Crippen LogP contribution is -2.33. The fourth-order valence-electron chi connectivity index (χ4n) is 3.81. The summed E-state index contributed by atoms with van der Waals surface area (Å²) in [5.41, 5.74) is 10.7. The van der Waals surface area contributed by atoms with Crippen LogP contribution in [0.25, 0.3) is 21.6 Å². The van der Waals surface area contributed by atoms with Crippen molar-refractivity contribution in [2.75, 3.05) is 17.7 Å². The number of anilines is 2. The van der Waals surface area contributed by atoms with Crippen molar-refractivity contribution in [2.24, 2.45) is 0 Å². The summed E-state index contributed by atoms with van der Waals surface area (Å²) in [6.07, 6.45) is 4.18. The lowest BCUT2D eigenvalue weighted by molar-refractivity contribution is -0.0829. The largest absolute Gasteiger partial charge is 0.366 e. The van der Waals surface area contributed by atoms with Crippen LogP contribution in [0.3, 0.4) is 0 Å². The second-order valence-electron chi connectivity index (χ2n) is 7.64. The first-order chi connectivity index (χ1) is 16.0. The molecule has 4 aromatic rings. The smallest absolute Gasteiger partial charge is 0.346 e. The van der Waals surface area contributed by atoms with Gasteiger partial charge in [0.25, 0.3) is 0 Å². The van der Waals surface area contributed by atoms with Crippen molar-refractivity contribution in [1.82, 2.24) is 24.6 Å². The molecule has 164 valence electrons. The number of hydroxylamine groups is 2. The minimum atomic E-state index is -0.380. The third kappa shape index (κ3) is 3.93. The first kappa shape index (κ1) is 20.4. The fourth-order valence-corrected chi connectivity index (χ4v) is 3.81. The number of carbonyl (C=O) groups is 1. The molecule has 0 bridgehead atoms. The van der Waals surface area contributed by atoms with E-state index in [1.807, 2.05) is 37.3 Å². The van der Waals surface area contributed by atoms with Gasteiger partial charge in [-0.05, 0) is 36.2 Å². The summed E-state index contributed by atoms with van der Waals surface area (Å²) < 4.78 is 1.60. The Bertz CT molecular complexity index is 1390. The van der Waals surface area contributed by atoms with Gasteiger partial charge in [-0.2, -0.15) is 10.0 Å². The van der Waals surface area contributed by atoms with E-state index < -0.39 is 0 Å². The Labute approximate surface area is 189 Å². The summed E-state index contributed by atoms with van der Waals surface area (Å²) in [4.78, 5) is 30.8. The third-order valence-corrected chi connectivity index (χ3v) is 5.53. The van der Waals surface area contributed by atoms with Gasteiger partial charge in [0.15, 0.2) is 11.3 Å². The number of hydrogen-bond donors (Lipinski definition) is 2. The number of carbonyl (C=O) groups excluding carboxylic acids is 1. The molecule has 1 aliphatic heterocycles. The molecule has 10 nitrogen and oxygen atoms in total. The Hall–Kier alpha value is -4.49. The highest BCUT2D eigenvalue weighted by Crippen LogP contribution is 2.32. The lowest BCUT2D eigenvalue weighted by atomic mass is 10.0. The molecule has 0 spiro atoms. The molecule has 0 radical (unpaired) electrons. The monoisotopic (exact) mass is 440 g/mol. The van der Waals surface area contributed by atoms with Gasteiger partial charge in [0.05, 0.1) is 30.6 Å². The van der Waals surface area contributed by atoms with Gasteiger partial charge in [0.2, 0.25) is 5.95 Å². The number of pyridine rings is 2. The number of nitrogen functional groups attached to an aromatic ring is 1. The first-order valence-corrected chi connectivity index (χ1v) is 10.3. The zero-order chi connectivity index (χ0) is 22.9. The van der Waals surface area contributed by atoms with Crippen molar-refractivity contribution < 1.29 is 9.63 Å². The molecular weight excluding hydrogens is 420 g/mol. The quantitative estimate of drug-likeness (QED) is 0.463. The van der Waals surface area contributed by atoms with Gasteiger partial charge in [-0.15, -0.1) is 5.10 Å². The maximum atomic E-state index is 13.1. The summed E-state index contributed by atoms with van der Waals surface area (Å²) in [5, 5.41) is 8.36. The lowest BCUT2D eigenvalue weighted by Gasteiger charge is -2.23. The highest BCUT2D eigenvalue weighted by Gasteiger charge is 2.32. The summed E-state index contributed by atoms with van der Waals surface area (Å²) in [7, 11) is 0. The SMILES string of the molecule is [C-]#[N+]c1ccc([C@@H]2CCON2C(=O)Nc2cc(-c3ccn4nc(N)nc4c3)cnc2C)cc1. The van der Waals surface area contributed by atoms with E-state index in [4.69, 9.17) is 17.1 Å². The summed E-state index contributed by atoms with van der Waals surface area (Å²) >= 11 is 0. The van der Waals surface area contributed by atoms with Crippen LogP contribution >= 0.6 is 0 Å². The molecular formula is C23H20N8O2. The Morgan fingerprint density at radius 1 is 1.24 bits per heavy atom. The van der Waals surface area contributed by atoms with Crippen molar-refractivity contribution in [1.29, 1.82) is 0 Å². The summed E-state index contributed by atoms with van der Waals surface area (Å²) in [6, 6.07) is 12.2. The zero-order valence-electron chi connectivity index (χ0n) is 17.8. The number of rotatable bonds is 3. The van der Waals surface area contributed by atoms with E-state index in [2.05, 4.69) is 25.2 Å².